The van der Waals surface area contributed by atoms with Crippen molar-refractivity contribution in [1.29, 1.82) is 0 Å². The molecule has 0 bridgehead atoms. The highest BCUT2D eigenvalue weighted by molar-refractivity contribution is 6.17. The first-order valence-corrected chi connectivity index (χ1v) is 5.78. The molecule has 0 aromatic heterocycles. The van der Waals surface area contributed by atoms with Crippen molar-refractivity contribution in [2.24, 2.45) is 0 Å². The van der Waals surface area contributed by atoms with Gasteiger partial charge in [0, 0.05) is 31.8 Å². The van der Waals surface area contributed by atoms with Crippen LogP contribution in [0.1, 0.15) is 18.4 Å². The summed E-state index contributed by atoms with van der Waals surface area (Å²) in [4.78, 5) is 0. The van der Waals surface area contributed by atoms with E-state index in [1.54, 1.807) is 7.11 Å². The van der Waals surface area contributed by atoms with E-state index < -0.39 is 0 Å². The molecule has 15 heavy (non-hydrogen) atoms. The molecular weight excluding hydrogens is 210 g/mol. The molecule has 1 aromatic carbocycles. The van der Waals surface area contributed by atoms with Gasteiger partial charge in [0.2, 0.25) is 0 Å². The van der Waals surface area contributed by atoms with Gasteiger partial charge in [0.05, 0.1) is 0 Å². The second-order valence-corrected chi connectivity index (χ2v) is 3.73. The van der Waals surface area contributed by atoms with Crippen LogP contribution in [0.3, 0.4) is 0 Å². The molecule has 1 rings (SSSR count). The van der Waals surface area contributed by atoms with Crippen molar-refractivity contribution in [3.8, 4) is 0 Å². The molecular formula is C12H18ClNO. The number of halogens is 1. The SMILES string of the molecule is COCCCCNc1cccc(CCl)c1. The van der Waals surface area contributed by atoms with Crippen LogP contribution in [0.4, 0.5) is 5.69 Å². The lowest BCUT2D eigenvalue weighted by atomic mass is 10.2. The van der Waals surface area contributed by atoms with E-state index in [9.17, 15) is 0 Å². The summed E-state index contributed by atoms with van der Waals surface area (Å²) in [6.07, 6.45) is 2.22. The average molecular weight is 228 g/mol. The van der Waals surface area contributed by atoms with Crippen molar-refractivity contribution in [3.63, 3.8) is 0 Å². The normalized spacial score (nSPS) is 10.3. The van der Waals surface area contributed by atoms with E-state index in [-0.39, 0.29) is 0 Å². The van der Waals surface area contributed by atoms with E-state index in [1.807, 2.05) is 12.1 Å². The first-order chi connectivity index (χ1) is 7.36. The zero-order valence-corrected chi connectivity index (χ0v) is 9.89. The number of methoxy groups -OCH3 is 1. The van der Waals surface area contributed by atoms with E-state index in [0.717, 1.165) is 37.2 Å². The number of hydrogen-bond donors (Lipinski definition) is 1. The minimum atomic E-state index is 0.569. The highest BCUT2D eigenvalue weighted by Gasteiger charge is 1.94. The van der Waals surface area contributed by atoms with Crippen LogP contribution in [0.5, 0.6) is 0 Å². The molecule has 3 heteroatoms. The molecule has 0 saturated heterocycles. The van der Waals surface area contributed by atoms with E-state index in [1.165, 1.54) is 0 Å². The Morgan fingerprint density at radius 2 is 2.20 bits per heavy atom. The fraction of sp³-hybridized carbons (Fsp3) is 0.500. The van der Waals surface area contributed by atoms with E-state index >= 15 is 0 Å². The zero-order valence-electron chi connectivity index (χ0n) is 9.13. The molecule has 0 aliphatic carbocycles. The van der Waals surface area contributed by atoms with Gasteiger partial charge in [-0.05, 0) is 30.5 Å². The van der Waals surface area contributed by atoms with E-state index in [2.05, 4.69) is 17.4 Å². The quantitative estimate of drug-likeness (QED) is 0.570. The molecule has 0 heterocycles. The molecule has 1 aromatic rings. The molecule has 0 aliphatic heterocycles. The number of ether oxygens (including phenoxy) is 1. The third-order valence-corrected chi connectivity index (χ3v) is 2.49. The Morgan fingerprint density at radius 1 is 1.33 bits per heavy atom. The Balaban J connectivity index is 2.24. The third-order valence-electron chi connectivity index (χ3n) is 2.19. The van der Waals surface area contributed by atoms with Crippen LogP contribution in [0.2, 0.25) is 0 Å². The molecule has 0 radical (unpaired) electrons. The van der Waals surface area contributed by atoms with Crippen LogP contribution < -0.4 is 5.32 Å². The van der Waals surface area contributed by atoms with Crippen molar-refractivity contribution in [3.05, 3.63) is 29.8 Å². The number of benzene rings is 1. The van der Waals surface area contributed by atoms with E-state index in [0.29, 0.717) is 5.88 Å². The number of anilines is 1. The van der Waals surface area contributed by atoms with Gasteiger partial charge >= 0.3 is 0 Å². The lowest BCUT2D eigenvalue weighted by Crippen LogP contribution is -2.03. The molecule has 0 aliphatic rings. The van der Waals surface area contributed by atoms with Gasteiger partial charge < -0.3 is 10.1 Å². The molecule has 1 N–H and O–H groups in total. The van der Waals surface area contributed by atoms with Gasteiger partial charge in [-0.3, -0.25) is 0 Å². The molecule has 2 nitrogen and oxygen atoms in total. The highest BCUT2D eigenvalue weighted by Crippen LogP contribution is 2.12. The first-order valence-electron chi connectivity index (χ1n) is 5.24. The summed E-state index contributed by atoms with van der Waals surface area (Å²) in [5, 5.41) is 3.36. The van der Waals surface area contributed by atoms with Crippen LogP contribution in [-0.2, 0) is 10.6 Å². The van der Waals surface area contributed by atoms with Crippen LogP contribution in [0.25, 0.3) is 0 Å². The molecule has 0 atom stereocenters. The van der Waals surface area contributed by atoms with Crippen molar-refractivity contribution in [1.82, 2.24) is 0 Å². The largest absolute Gasteiger partial charge is 0.385 e. The third kappa shape index (κ3) is 5.05. The second-order valence-electron chi connectivity index (χ2n) is 3.46. The number of unbranched alkanes of at least 4 members (excludes halogenated alkanes) is 1. The van der Waals surface area contributed by atoms with Crippen LogP contribution in [-0.4, -0.2) is 20.3 Å². The maximum absolute atomic E-state index is 5.76. The minimum absolute atomic E-state index is 0.569. The van der Waals surface area contributed by atoms with E-state index in [4.69, 9.17) is 16.3 Å². The van der Waals surface area contributed by atoms with Crippen LogP contribution in [0, 0.1) is 0 Å². The summed E-state index contributed by atoms with van der Waals surface area (Å²) < 4.78 is 4.99. The van der Waals surface area contributed by atoms with Gasteiger partial charge in [-0.25, -0.2) is 0 Å². The Labute approximate surface area is 96.6 Å². The predicted octanol–water partition coefficient (Wildman–Crippen LogP) is 3.26. The number of rotatable bonds is 7. The lowest BCUT2D eigenvalue weighted by molar-refractivity contribution is 0.194. The fourth-order valence-corrected chi connectivity index (χ4v) is 1.53. The molecule has 0 spiro atoms. The topological polar surface area (TPSA) is 21.3 Å². The number of alkyl halides is 1. The predicted molar refractivity (Wildman–Crippen MR) is 65.6 cm³/mol. The van der Waals surface area contributed by atoms with Crippen LogP contribution in [0.15, 0.2) is 24.3 Å². The Kier molecular flexibility index (Phi) is 6.21. The van der Waals surface area contributed by atoms with Crippen molar-refractivity contribution >= 4 is 17.3 Å². The lowest BCUT2D eigenvalue weighted by Gasteiger charge is -2.07. The fourth-order valence-electron chi connectivity index (χ4n) is 1.37. The minimum Gasteiger partial charge on any atom is -0.385 e. The molecule has 84 valence electrons. The standard InChI is InChI=1S/C12H18ClNO/c1-15-8-3-2-7-14-12-6-4-5-11(9-12)10-13/h4-6,9,14H,2-3,7-8,10H2,1H3. The summed E-state index contributed by atoms with van der Waals surface area (Å²) >= 11 is 5.76. The summed E-state index contributed by atoms with van der Waals surface area (Å²) in [6, 6.07) is 8.20. The first kappa shape index (κ1) is 12.3. The molecule has 0 fully saturated rings. The van der Waals surface area contributed by atoms with Gasteiger partial charge in [0.25, 0.3) is 0 Å². The zero-order chi connectivity index (χ0) is 10.9. The second kappa shape index (κ2) is 7.55. The van der Waals surface area contributed by atoms with Gasteiger partial charge in [-0.2, -0.15) is 0 Å². The van der Waals surface area contributed by atoms with Gasteiger partial charge in [-0.15, -0.1) is 11.6 Å². The van der Waals surface area contributed by atoms with Gasteiger partial charge in [0.1, 0.15) is 0 Å². The number of nitrogens with one attached hydrogen (secondary N) is 1. The summed E-state index contributed by atoms with van der Waals surface area (Å²) in [7, 11) is 1.73. The maximum Gasteiger partial charge on any atom is 0.0474 e. The molecule has 0 unspecified atom stereocenters. The summed E-state index contributed by atoms with van der Waals surface area (Å²) in [5.74, 6) is 0.569. The Hall–Kier alpha value is -0.730. The monoisotopic (exact) mass is 227 g/mol. The number of hydrogen-bond acceptors (Lipinski definition) is 2. The molecule has 0 amide bonds. The van der Waals surface area contributed by atoms with Crippen LogP contribution >= 0.6 is 11.6 Å². The maximum atomic E-state index is 5.76. The van der Waals surface area contributed by atoms with Crippen molar-refractivity contribution in [2.75, 3.05) is 25.6 Å². The van der Waals surface area contributed by atoms with Gasteiger partial charge in [0.15, 0.2) is 0 Å². The summed E-state index contributed by atoms with van der Waals surface area (Å²) in [6.45, 7) is 1.82. The summed E-state index contributed by atoms with van der Waals surface area (Å²) in [5.41, 5.74) is 2.30. The Bertz CT molecular complexity index is 278. The van der Waals surface area contributed by atoms with Crippen molar-refractivity contribution < 1.29 is 4.74 Å². The van der Waals surface area contributed by atoms with Crippen molar-refractivity contribution in [2.45, 2.75) is 18.7 Å². The Morgan fingerprint density at radius 3 is 2.93 bits per heavy atom. The average Bonchev–Trinajstić information content (AvgIpc) is 2.29. The molecule has 0 saturated carbocycles. The van der Waals surface area contributed by atoms with Gasteiger partial charge in [-0.1, -0.05) is 12.1 Å². The highest BCUT2D eigenvalue weighted by atomic mass is 35.5. The smallest absolute Gasteiger partial charge is 0.0474 e.